The lowest BCUT2D eigenvalue weighted by Crippen LogP contribution is -2.36. The van der Waals surface area contributed by atoms with Crippen molar-refractivity contribution in [3.05, 3.63) is 39.4 Å². The Morgan fingerprint density at radius 1 is 1.40 bits per heavy atom. The summed E-state index contributed by atoms with van der Waals surface area (Å²) in [6.45, 7) is 0.183. The SMILES string of the molecule is O=C1CC(NC(=O)c2cc(F)c(F)cc2[N+](=O)[O-])CN1. The highest BCUT2D eigenvalue weighted by Crippen LogP contribution is 2.22. The van der Waals surface area contributed by atoms with Gasteiger partial charge in [-0.05, 0) is 6.07 Å². The third kappa shape index (κ3) is 2.71. The van der Waals surface area contributed by atoms with Gasteiger partial charge in [0, 0.05) is 13.0 Å². The summed E-state index contributed by atoms with van der Waals surface area (Å²) in [7, 11) is 0. The van der Waals surface area contributed by atoms with E-state index >= 15 is 0 Å². The Morgan fingerprint density at radius 3 is 2.60 bits per heavy atom. The number of benzene rings is 1. The largest absolute Gasteiger partial charge is 0.354 e. The first-order valence-corrected chi connectivity index (χ1v) is 5.59. The Labute approximate surface area is 111 Å². The first kappa shape index (κ1) is 13.8. The van der Waals surface area contributed by atoms with E-state index in [1.165, 1.54) is 0 Å². The van der Waals surface area contributed by atoms with Gasteiger partial charge in [-0.1, -0.05) is 0 Å². The van der Waals surface area contributed by atoms with Crippen LogP contribution in [0.2, 0.25) is 0 Å². The van der Waals surface area contributed by atoms with Crippen molar-refractivity contribution in [2.24, 2.45) is 0 Å². The van der Waals surface area contributed by atoms with Crippen molar-refractivity contribution in [1.82, 2.24) is 10.6 Å². The highest BCUT2D eigenvalue weighted by atomic mass is 19.2. The number of carbonyl (C=O) groups excluding carboxylic acids is 2. The topological polar surface area (TPSA) is 101 Å². The maximum atomic E-state index is 13.1. The molecule has 1 unspecified atom stereocenters. The van der Waals surface area contributed by atoms with Crippen LogP contribution in [0.25, 0.3) is 0 Å². The van der Waals surface area contributed by atoms with Crippen molar-refractivity contribution in [2.45, 2.75) is 12.5 Å². The molecule has 20 heavy (non-hydrogen) atoms. The molecule has 0 spiro atoms. The van der Waals surface area contributed by atoms with Crippen LogP contribution in [-0.4, -0.2) is 29.3 Å². The number of amides is 2. The molecule has 1 heterocycles. The highest BCUT2D eigenvalue weighted by Gasteiger charge is 2.28. The molecule has 1 aliphatic rings. The fourth-order valence-electron chi connectivity index (χ4n) is 1.84. The third-order valence-electron chi connectivity index (χ3n) is 2.79. The predicted molar refractivity (Wildman–Crippen MR) is 61.9 cm³/mol. The molecule has 0 bridgehead atoms. The number of nitrogens with zero attached hydrogens (tertiary/aromatic N) is 1. The molecule has 1 fully saturated rings. The average molecular weight is 285 g/mol. The van der Waals surface area contributed by atoms with Crippen molar-refractivity contribution >= 4 is 17.5 Å². The Bertz CT molecular complexity index is 606. The zero-order valence-electron chi connectivity index (χ0n) is 9.98. The van der Waals surface area contributed by atoms with E-state index in [1.54, 1.807) is 0 Å². The summed E-state index contributed by atoms with van der Waals surface area (Å²) in [6.07, 6.45) is 0.0310. The van der Waals surface area contributed by atoms with Gasteiger partial charge in [0.2, 0.25) is 5.91 Å². The molecule has 1 atom stereocenters. The fourth-order valence-corrected chi connectivity index (χ4v) is 1.84. The number of rotatable bonds is 3. The monoisotopic (exact) mass is 285 g/mol. The second kappa shape index (κ2) is 5.19. The van der Waals surface area contributed by atoms with Gasteiger partial charge >= 0.3 is 0 Å². The Kier molecular flexibility index (Phi) is 3.59. The molecule has 106 valence electrons. The molecule has 0 radical (unpaired) electrons. The standard InChI is InChI=1S/C11H9F2N3O4/c12-7-2-6(9(16(19)20)3-8(7)13)11(18)15-5-1-10(17)14-4-5/h2-3,5H,1,4H2,(H,14,17)(H,15,18). The first-order chi connectivity index (χ1) is 9.38. The van der Waals surface area contributed by atoms with Gasteiger partial charge < -0.3 is 10.6 Å². The second-order valence-corrected chi connectivity index (χ2v) is 4.22. The molecule has 0 saturated carbocycles. The van der Waals surface area contributed by atoms with E-state index in [0.717, 1.165) is 0 Å². The zero-order chi connectivity index (χ0) is 14.9. The van der Waals surface area contributed by atoms with E-state index in [1.807, 2.05) is 0 Å². The van der Waals surface area contributed by atoms with Crippen LogP contribution >= 0.6 is 0 Å². The summed E-state index contributed by atoms with van der Waals surface area (Å²) in [5.41, 5.74) is -1.42. The molecular weight excluding hydrogens is 276 g/mol. The molecule has 2 amide bonds. The summed E-state index contributed by atoms with van der Waals surface area (Å²) >= 11 is 0. The van der Waals surface area contributed by atoms with Crippen LogP contribution in [0.3, 0.4) is 0 Å². The first-order valence-electron chi connectivity index (χ1n) is 5.59. The van der Waals surface area contributed by atoms with Gasteiger partial charge in [-0.3, -0.25) is 19.7 Å². The second-order valence-electron chi connectivity index (χ2n) is 4.22. The number of carbonyl (C=O) groups is 2. The molecule has 2 rings (SSSR count). The fraction of sp³-hybridized carbons (Fsp3) is 0.273. The minimum absolute atomic E-state index is 0.0310. The average Bonchev–Trinajstić information content (AvgIpc) is 2.77. The highest BCUT2D eigenvalue weighted by molar-refractivity contribution is 5.98. The number of nitro groups is 1. The lowest BCUT2D eigenvalue weighted by Gasteiger charge is -2.10. The van der Waals surface area contributed by atoms with Crippen LogP contribution in [0.15, 0.2) is 12.1 Å². The van der Waals surface area contributed by atoms with Crippen molar-refractivity contribution in [1.29, 1.82) is 0 Å². The third-order valence-corrected chi connectivity index (χ3v) is 2.79. The van der Waals surface area contributed by atoms with Gasteiger partial charge in [0.25, 0.3) is 11.6 Å². The summed E-state index contributed by atoms with van der Waals surface area (Å²) in [5.74, 6) is -3.97. The van der Waals surface area contributed by atoms with E-state index in [0.29, 0.717) is 12.1 Å². The zero-order valence-corrected chi connectivity index (χ0v) is 9.98. The smallest absolute Gasteiger partial charge is 0.285 e. The maximum absolute atomic E-state index is 13.1. The van der Waals surface area contributed by atoms with Crippen LogP contribution in [0, 0.1) is 21.7 Å². The van der Waals surface area contributed by atoms with Gasteiger partial charge in [0.1, 0.15) is 5.56 Å². The Morgan fingerprint density at radius 2 is 2.05 bits per heavy atom. The summed E-state index contributed by atoms with van der Waals surface area (Å²) < 4.78 is 26.1. The molecule has 2 N–H and O–H groups in total. The normalized spacial score (nSPS) is 17.7. The lowest BCUT2D eigenvalue weighted by molar-refractivity contribution is -0.385. The van der Waals surface area contributed by atoms with E-state index in [-0.39, 0.29) is 18.9 Å². The van der Waals surface area contributed by atoms with Crippen LogP contribution in [-0.2, 0) is 4.79 Å². The van der Waals surface area contributed by atoms with Gasteiger partial charge in [-0.25, -0.2) is 8.78 Å². The van der Waals surface area contributed by atoms with Crippen molar-refractivity contribution in [3.63, 3.8) is 0 Å². The summed E-state index contributed by atoms with van der Waals surface area (Å²) in [6, 6.07) is 0.276. The summed E-state index contributed by atoms with van der Waals surface area (Å²) in [4.78, 5) is 32.6. The van der Waals surface area contributed by atoms with Crippen LogP contribution < -0.4 is 10.6 Å². The molecule has 0 aromatic heterocycles. The number of halogens is 2. The number of nitro benzene ring substituents is 1. The van der Waals surface area contributed by atoms with E-state index in [2.05, 4.69) is 10.6 Å². The lowest BCUT2D eigenvalue weighted by atomic mass is 10.1. The summed E-state index contributed by atoms with van der Waals surface area (Å²) in [5, 5.41) is 15.6. The van der Waals surface area contributed by atoms with E-state index in [9.17, 15) is 28.5 Å². The molecule has 1 saturated heterocycles. The molecule has 9 heteroatoms. The minimum Gasteiger partial charge on any atom is -0.354 e. The Hall–Kier alpha value is -2.58. The van der Waals surface area contributed by atoms with Crippen molar-refractivity contribution in [2.75, 3.05) is 6.54 Å². The molecule has 1 aliphatic heterocycles. The molecule has 1 aromatic rings. The number of nitrogens with one attached hydrogen (secondary N) is 2. The molecule has 7 nitrogen and oxygen atoms in total. The van der Waals surface area contributed by atoms with Gasteiger partial charge in [-0.2, -0.15) is 0 Å². The number of hydrogen-bond donors (Lipinski definition) is 2. The maximum Gasteiger partial charge on any atom is 0.285 e. The van der Waals surface area contributed by atoms with Crippen LogP contribution in [0.5, 0.6) is 0 Å². The predicted octanol–water partition coefficient (Wildman–Crippen LogP) is 0.491. The molecule has 1 aromatic carbocycles. The van der Waals surface area contributed by atoms with Crippen molar-refractivity contribution < 1.29 is 23.3 Å². The minimum atomic E-state index is -1.41. The van der Waals surface area contributed by atoms with E-state index in [4.69, 9.17) is 0 Å². The van der Waals surface area contributed by atoms with Crippen molar-refractivity contribution in [3.8, 4) is 0 Å². The van der Waals surface area contributed by atoms with Crippen LogP contribution in [0.4, 0.5) is 14.5 Å². The van der Waals surface area contributed by atoms with E-state index < -0.39 is 39.8 Å². The molecule has 0 aliphatic carbocycles. The van der Waals surface area contributed by atoms with Gasteiger partial charge in [0.15, 0.2) is 11.6 Å². The quantitative estimate of drug-likeness (QED) is 0.623. The van der Waals surface area contributed by atoms with Crippen LogP contribution in [0.1, 0.15) is 16.8 Å². The number of hydrogen-bond acceptors (Lipinski definition) is 4. The van der Waals surface area contributed by atoms with Gasteiger partial charge in [0.05, 0.1) is 17.0 Å². The van der Waals surface area contributed by atoms with Gasteiger partial charge in [-0.15, -0.1) is 0 Å². The molecular formula is C11H9F2N3O4. The Balaban J connectivity index is 2.26.